The molecule has 0 aliphatic heterocycles. The van der Waals surface area contributed by atoms with E-state index in [-0.39, 0.29) is 0 Å². The molecule has 3 aromatic heterocycles. The third kappa shape index (κ3) is 4.27. The molecule has 5 aromatic rings. The smallest absolute Gasteiger partial charge is 0.345 e. The zero-order valence-corrected chi connectivity index (χ0v) is 18.1. The summed E-state index contributed by atoms with van der Waals surface area (Å²) in [6.07, 6.45) is 3.41. The number of benzene rings is 2. The Balaban J connectivity index is 1.59. The van der Waals surface area contributed by atoms with Gasteiger partial charge in [0.25, 0.3) is 0 Å². The summed E-state index contributed by atoms with van der Waals surface area (Å²) in [6, 6.07) is 20.7. The van der Waals surface area contributed by atoms with Gasteiger partial charge in [-0.15, -0.1) is 0 Å². The maximum Gasteiger partial charge on any atom is 0.345 e. The first-order valence-corrected chi connectivity index (χ1v) is 10.4. The van der Waals surface area contributed by atoms with E-state index in [2.05, 4.69) is 25.6 Å². The van der Waals surface area contributed by atoms with Gasteiger partial charge in [0, 0.05) is 28.5 Å². The lowest BCUT2D eigenvalue weighted by Gasteiger charge is -2.02. The average Bonchev–Trinajstić information content (AvgIpc) is 3.22. The third-order valence-corrected chi connectivity index (χ3v) is 5.01. The summed E-state index contributed by atoms with van der Waals surface area (Å²) in [6.45, 7) is 3.79. The van der Waals surface area contributed by atoms with Crippen molar-refractivity contribution >= 4 is 23.1 Å². The Morgan fingerprint density at radius 2 is 1.70 bits per heavy atom. The molecule has 0 radical (unpaired) electrons. The maximum atomic E-state index is 12.8. The predicted molar refractivity (Wildman–Crippen MR) is 128 cm³/mol. The number of rotatable bonds is 5. The Morgan fingerprint density at radius 1 is 0.970 bits per heavy atom. The quantitative estimate of drug-likeness (QED) is 0.247. The SMILES string of the molecule is Cc1cc(C)nc(NN=Cc2cn(-c3ccccc3)nc2-c2cc3ccccc3oc2=O)n1. The summed E-state index contributed by atoms with van der Waals surface area (Å²) in [5.41, 5.74) is 6.90. The van der Waals surface area contributed by atoms with E-state index < -0.39 is 5.63 Å². The lowest BCUT2D eigenvalue weighted by molar-refractivity contribution is 0.563. The molecule has 0 unspecified atom stereocenters. The number of nitrogens with zero attached hydrogens (tertiary/aromatic N) is 5. The van der Waals surface area contributed by atoms with Gasteiger partial charge in [-0.05, 0) is 44.2 Å². The molecule has 5 rings (SSSR count). The maximum absolute atomic E-state index is 12.8. The van der Waals surface area contributed by atoms with Crippen LogP contribution in [0.25, 0.3) is 27.9 Å². The van der Waals surface area contributed by atoms with Crippen molar-refractivity contribution in [3.05, 3.63) is 100 Å². The van der Waals surface area contributed by atoms with Gasteiger partial charge < -0.3 is 4.42 Å². The molecule has 0 saturated carbocycles. The zero-order valence-electron chi connectivity index (χ0n) is 18.1. The summed E-state index contributed by atoms with van der Waals surface area (Å²) in [5, 5.41) is 9.78. The van der Waals surface area contributed by atoms with Crippen LogP contribution in [0.15, 0.2) is 87.2 Å². The van der Waals surface area contributed by atoms with Gasteiger partial charge in [0.15, 0.2) is 0 Å². The highest BCUT2D eigenvalue weighted by Gasteiger charge is 2.16. The second-order valence-corrected chi connectivity index (χ2v) is 7.54. The minimum absolute atomic E-state index is 0.354. The van der Waals surface area contributed by atoms with Crippen LogP contribution in [0.2, 0.25) is 0 Å². The highest BCUT2D eigenvalue weighted by Crippen LogP contribution is 2.23. The van der Waals surface area contributed by atoms with Crippen molar-refractivity contribution in [3.63, 3.8) is 0 Å². The van der Waals surface area contributed by atoms with Crippen molar-refractivity contribution in [1.29, 1.82) is 0 Å². The van der Waals surface area contributed by atoms with Crippen molar-refractivity contribution < 1.29 is 4.42 Å². The van der Waals surface area contributed by atoms with Crippen LogP contribution in [0.4, 0.5) is 5.95 Å². The van der Waals surface area contributed by atoms with E-state index in [1.165, 1.54) is 0 Å². The summed E-state index contributed by atoms with van der Waals surface area (Å²) in [7, 11) is 0. The number of aryl methyl sites for hydroxylation is 2. The first kappa shape index (κ1) is 20.3. The Labute approximate surface area is 189 Å². The number of aromatic nitrogens is 4. The molecule has 8 nitrogen and oxygen atoms in total. The second-order valence-electron chi connectivity index (χ2n) is 7.54. The van der Waals surface area contributed by atoms with Crippen LogP contribution in [0.5, 0.6) is 0 Å². The van der Waals surface area contributed by atoms with Gasteiger partial charge in [-0.1, -0.05) is 36.4 Å². The molecule has 0 amide bonds. The number of hydrogen-bond acceptors (Lipinski definition) is 7. The summed E-state index contributed by atoms with van der Waals surface area (Å²) in [4.78, 5) is 21.5. The minimum atomic E-state index is -0.465. The van der Waals surface area contributed by atoms with Crippen molar-refractivity contribution in [2.45, 2.75) is 13.8 Å². The Hall–Kier alpha value is -4.59. The van der Waals surface area contributed by atoms with E-state index in [1.54, 1.807) is 23.0 Å². The fourth-order valence-electron chi connectivity index (χ4n) is 3.57. The molecule has 0 fully saturated rings. The van der Waals surface area contributed by atoms with Gasteiger partial charge in [-0.3, -0.25) is 0 Å². The zero-order chi connectivity index (χ0) is 22.8. The van der Waals surface area contributed by atoms with E-state index in [0.717, 1.165) is 22.5 Å². The summed E-state index contributed by atoms with van der Waals surface area (Å²) < 4.78 is 7.24. The molecule has 0 saturated heterocycles. The number of hydrogen-bond donors (Lipinski definition) is 1. The molecular formula is C25H20N6O2. The van der Waals surface area contributed by atoms with Crippen LogP contribution in [-0.4, -0.2) is 26.0 Å². The fraction of sp³-hybridized carbons (Fsp3) is 0.0800. The van der Waals surface area contributed by atoms with E-state index in [1.807, 2.05) is 74.6 Å². The van der Waals surface area contributed by atoms with E-state index in [0.29, 0.717) is 28.4 Å². The number of anilines is 1. The van der Waals surface area contributed by atoms with Crippen LogP contribution in [0.3, 0.4) is 0 Å². The molecule has 2 aromatic carbocycles. The van der Waals surface area contributed by atoms with Crippen LogP contribution < -0.4 is 11.1 Å². The predicted octanol–water partition coefficient (Wildman–Crippen LogP) is 4.50. The fourth-order valence-corrected chi connectivity index (χ4v) is 3.57. The number of nitrogens with one attached hydrogen (secondary N) is 1. The molecule has 0 aliphatic rings. The first-order chi connectivity index (χ1) is 16.1. The van der Waals surface area contributed by atoms with E-state index in [9.17, 15) is 4.79 Å². The van der Waals surface area contributed by atoms with E-state index >= 15 is 0 Å². The highest BCUT2D eigenvalue weighted by atomic mass is 16.4. The summed E-state index contributed by atoms with van der Waals surface area (Å²) >= 11 is 0. The molecule has 162 valence electrons. The monoisotopic (exact) mass is 436 g/mol. The average molecular weight is 436 g/mol. The van der Waals surface area contributed by atoms with Crippen LogP contribution in [-0.2, 0) is 0 Å². The van der Waals surface area contributed by atoms with Crippen molar-refractivity contribution in [2.24, 2.45) is 5.10 Å². The molecule has 3 heterocycles. The Bertz CT molecular complexity index is 1520. The molecule has 8 heteroatoms. The number of hydrazone groups is 1. The molecule has 0 atom stereocenters. The van der Waals surface area contributed by atoms with Gasteiger partial charge in [0.2, 0.25) is 5.95 Å². The van der Waals surface area contributed by atoms with E-state index in [4.69, 9.17) is 4.42 Å². The van der Waals surface area contributed by atoms with Crippen LogP contribution in [0, 0.1) is 13.8 Å². The standard InChI is InChI=1S/C25H20N6O2/c1-16-12-17(2)28-25(27-16)29-26-14-19-15-31(20-9-4-3-5-10-20)30-23(19)21-13-18-8-6-7-11-22(18)33-24(21)32/h3-15H,1-2H3,(H,27,28,29). The Morgan fingerprint density at radius 3 is 2.48 bits per heavy atom. The summed E-state index contributed by atoms with van der Waals surface area (Å²) in [5.74, 6) is 0.394. The molecule has 33 heavy (non-hydrogen) atoms. The molecule has 0 spiro atoms. The van der Waals surface area contributed by atoms with Crippen LogP contribution in [0.1, 0.15) is 17.0 Å². The van der Waals surface area contributed by atoms with Gasteiger partial charge in [0.05, 0.1) is 17.5 Å². The lowest BCUT2D eigenvalue weighted by atomic mass is 10.1. The second kappa shape index (κ2) is 8.51. The van der Waals surface area contributed by atoms with Crippen molar-refractivity contribution in [2.75, 3.05) is 5.43 Å². The highest BCUT2D eigenvalue weighted by molar-refractivity contribution is 5.91. The third-order valence-electron chi connectivity index (χ3n) is 5.01. The lowest BCUT2D eigenvalue weighted by Crippen LogP contribution is -2.05. The van der Waals surface area contributed by atoms with Gasteiger partial charge in [0.1, 0.15) is 11.3 Å². The molecule has 0 bridgehead atoms. The first-order valence-electron chi connectivity index (χ1n) is 10.4. The molecule has 0 aliphatic carbocycles. The van der Waals surface area contributed by atoms with Crippen molar-refractivity contribution in [1.82, 2.24) is 19.7 Å². The molecule has 1 N–H and O–H groups in total. The Kier molecular flexibility index (Phi) is 5.24. The van der Waals surface area contributed by atoms with Crippen molar-refractivity contribution in [3.8, 4) is 16.9 Å². The van der Waals surface area contributed by atoms with Gasteiger partial charge >= 0.3 is 5.63 Å². The number of fused-ring (bicyclic) bond motifs is 1. The largest absolute Gasteiger partial charge is 0.422 e. The molecular weight excluding hydrogens is 416 g/mol. The van der Waals surface area contributed by atoms with Gasteiger partial charge in [-0.2, -0.15) is 10.2 Å². The van der Waals surface area contributed by atoms with Gasteiger partial charge in [-0.25, -0.2) is 24.9 Å². The topological polar surface area (TPSA) is 98.2 Å². The minimum Gasteiger partial charge on any atom is -0.422 e. The van der Waals surface area contributed by atoms with Crippen LogP contribution >= 0.6 is 0 Å². The number of para-hydroxylation sites is 2. The normalized spacial score (nSPS) is 11.3.